The molecule has 1 aromatic heterocycles. The van der Waals surface area contributed by atoms with Gasteiger partial charge in [0.15, 0.2) is 5.78 Å². The van der Waals surface area contributed by atoms with Crippen molar-refractivity contribution in [2.24, 2.45) is 4.99 Å². The molecule has 3 rings (SSSR count). The van der Waals surface area contributed by atoms with E-state index in [2.05, 4.69) is 11.6 Å². The molecule has 0 atom stereocenters. The molecule has 0 amide bonds. The van der Waals surface area contributed by atoms with Gasteiger partial charge in [0, 0.05) is 35.5 Å². The van der Waals surface area contributed by atoms with Gasteiger partial charge in [-0.2, -0.15) is 0 Å². The van der Waals surface area contributed by atoms with E-state index < -0.39 is 17.1 Å². The SMILES string of the molecule is C=CCn1c(=O)c(C=Nc2ccc(Cl)cc2C(=O)c2ccccc2)c(O)n(CCCC)c1=O. The van der Waals surface area contributed by atoms with Gasteiger partial charge in [-0.15, -0.1) is 6.58 Å². The maximum Gasteiger partial charge on any atom is 0.334 e. The molecule has 0 unspecified atom stereocenters. The maximum absolute atomic E-state index is 13.0. The summed E-state index contributed by atoms with van der Waals surface area (Å²) in [4.78, 5) is 42.9. The smallest absolute Gasteiger partial charge is 0.334 e. The second kappa shape index (κ2) is 10.7. The van der Waals surface area contributed by atoms with Crippen molar-refractivity contribution in [2.75, 3.05) is 0 Å². The lowest BCUT2D eigenvalue weighted by Crippen LogP contribution is -2.41. The molecular weight excluding hydrogens is 442 g/mol. The summed E-state index contributed by atoms with van der Waals surface area (Å²) >= 11 is 6.11. The van der Waals surface area contributed by atoms with Gasteiger partial charge in [0.2, 0.25) is 5.88 Å². The second-order valence-electron chi connectivity index (χ2n) is 7.34. The molecule has 0 aliphatic heterocycles. The number of benzene rings is 2. The molecule has 1 N–H and O–H groups in total. The zero-order valence-electron chi connectivity index (χ0n) is 18.2. The van der Waals surface area contributed by atoms with Gasteiger partial charge in [-0.05, 0) is 24.6 Å². The summed E-state index contributed by atoms with van der Waals surface area (Å²) in [5, 5.41) is 11.1. The number of unbranched alkanes of at least 4 members (excludes halogenated alkanes) is 1. The van der Waals surface area contributed by atoms with Crippen LogP contribution < -0.4 is 11.2 Å². The lowest BCUT2D eigenvalue weighted by atomic mass is 10.0. The predicted octanol–water partition coefficient (Wildman–Crippen LogP) is 4.34. The number of halogens is 1. The van der Waals surface area contributed by atoms with Gasteiger partial charge in [-0.1, -0.05) is 61.4 Å². The van der Waals surface area contributed by atoms with E-state index in [9.17, 15) is 19.5 Å². The van der Waals surface area contributed by atoms with Crippen LogP contribution in [0.2, 0.25) is 5.02 Å². The van der Waals surface area contributed by atoms with E-state index in [-0.39, 0.29) is 35.7 Å². The average molecular weight is 466 g/mol. The maximum atomic E-state index is 13.0. The fourth-order valence-electron chi connectivity index (χ4n) is 3.31. The van der Waals surface area contributed by atoms with Crippen LogP contribution in [0, 0.1) is 0 Å². The van der Waals surface area contributed by atoms with E-state index in [1.165, 1.54) is 18.4 Å². The molecular formula is C25H24ClN3O4. The highest BCUT2D eigenvalue weighted by atomic mass is 35.5. The summed E-state index contributed by atoms with van der Waals surface area (Å²) in [7, 11) is 0. The van der Waals surface area contributed by atoms with Crippen LogP contribution in [-0.2, 0) is 13.1 Å². The van der Waals surface area contributed by atoms with Crippen molar-refractivity contribution >= 4 is 29.3 Å². The quantitative estimate of drug-likeness (QED) is 0.289. The fraction of sp³-hybridized carbons (Fsp3) is 0.200. The minimum absolute atomic E-state index is 0.0103. The Bertz CT molecular complexity index is 1320. The van der Waals surface area contributed by atoms with Crippen molar-refractivity contribution in [1.82, 2.24) is 9.13 Å². The number of allylic oxidation sites excluding steroid dienone is 1. The lowest BCUT2D eigenvalue weighted by molar-refractivity contribution is 0.103. The van der Waals surface area contributed by atoms with Crippen molar-refractivity contribution in [1.29, 1.82) is 0 Å². The van der Waals surface area contributed by atoms with Crippen molar-refractivity contribution < 1.29 is 9.90 Å². The van der Waals surface area contributed by atoms with Crippen LogP contribution in [0.3, 0.4) is 0 Å². The lowest BCUT2D eigenvalue weighted by Gasteiger charge is -2.13. The third-order valence-electron chi connectivity index (χ3n) is 5.05. The minimum Gasteiger partial charge on any atom is -0.494 e. The van der Waals surface area contributed by atoms with E-state index in [1.54, 1.807) is 42.5 Å². The predicted molar refractivity (Wildman–Crippen MR) is 130 cm³/mol. The Morgan fingerprint density at radius 1 is 1.15 bits per heavy atom. The molecule has 0 aliphatic rings. The molecule has 0 saturated heterocycles. The zero-order valence-corrected chi connectivity index (χ0v) is 19.0. The summed E-state index contributed by atoms with van der Waals surface area (Å²) in [5.74, 6) is -0.751. The number of hydrogen-bond donors (Lipinski definition) is 1. The minimum atomic E-state index is -0.696. The summed E-state index contributed by atoms with van der Waals surface area (Å²) < 4.78 is 2.13. The molecule has 2 aromatic carbocycles. The summed E-state index contributed by atoms with van der Waals surface area (Å²) in [5.41, 5.74) is -0.488. The Morgan fingerprint density at radius 3 is 2.55 bits per heavy atom. The molecule has 170 valence electrons. The van der Waals surface area contributed by atoms with Gasteiger partial charge in [0.25, 0.3) is 5.56 Å². The molecule has 0 spiro atoms. The monoisotopic (exact) mass is 465 g/mol. The zero-order chi connectivity index (χ0) is 24.0. The largest absolute Gasteiger partial charge is 0.494 e. The molecule has 33 heavy (non-hydrogen) atoms. The number of rotatable bonds is 9. The highest BCUT2D eigenvalue weighted by Gasteiger charge is 2.18. The molecule has 7 nitrogen and oxygen atoms in total. The van der Waals surface area contributed by atoms with Gasteiger partial charge >= 0.3 is 5.69 Å². The summed E-state index contributed by atoms with van der Waals surface area (Å²) in [6.45, 7) is 5.78. The third kappa shape index (κ3) is 5.21. The summed E-state index contributed by atoms with van der Waals surface area (Å²) in [6, 6.07) is 13.3. The van der Waals surface area contributed by atoms with Crippen molar-refractivity contribution in [3.63, 3.8) is 0 Å². The first-order chi connectivity index (χ1) is 15.9. The first kappa shape index (κ1) is 23.9. The normalized spacial score (nSPS) is 11.1. The Labute approximate surface area is 195 Å². The van der Waals surface area contributed by atoms with Crippen LogP contribution in [0.25, 0.3) is 0 Å². The van der Waals surface area contributed by atoms with Gasteiger partial charge in [0.05, 0.1) is 5.69 Å². The topological polar surface area (TPSA) is 93.7 Å². The van der Waals surface area contributed by atoms with E-state index in [0.29, 0.717) is 17.0 Å². The van der Waals surface area contributed by atoms with Crippen LogP contribution in [0.15, 0.2) is 75.8 Å². The molecule has 0 aliphatic carbocycles. The van der Waals surface area contributed by atoms with Crippen molar-refractivity contribution in [2.45, 2.75) is 32.9 Å². The molecule has 3 aromatic rings. The highest BCUT2D eigenvalue weighted by Crippen LogP contribution is 2.26. The van der Waals surface area contributed by atoms with Gasteiger partial charge in [-0.3, -0.25) is 23.7 Å². The number of carbonyl (C=O) groups excluding carboxylic acids is 1. The van der Waals surface area contributed by atoms with Gasteiger partial charge in [-0.25, -0.2) is 4.79 Å². The number of carbonyl (C=O) groups is 1. The highest BCUT2D eigenvalue weighted by molar-refractivity contribution is 6.31. The molecule has 0 saturated carbocycles. The Hall–Kier alpha value is -3.71. The number of nitrogens with zero attached hydrogens (tertiary/aromatic N) is 3. The van der Waals surface area contributed by atoms with E-state index in [1.807, 2.05) is 6.92 Å². The first-order valence-electron chi connectivity index (χ1n) is 10.5. The number of aliphatic imine (C=N–C) groups is 1. The van der Waals surface area contributed by atoms with Crippen LogP contribution >= 0.6 is 11.6 Å². The average Bonchev–Trinajstić information content (AvgIpc) is 2.82. The van der Waals surface area contributed by atoms with Gasteiger partial charge < -0.3 is 5.11 Å². The van der Waals surface area contributed by atoms with Crippen LogP contribution in [0.1, 0.15) is 41.3 Å². The number of aromatic hydroxyl groups is 1. The Balaban J connectivity index is 2.13. The Kier molecular flexibility index (Phi) is 7.79. The van der Waals surface area contributed by atoms with E-state index >= 15 is 0 Å². The van der Waals surface area contributed by atoms with Crippen LogP contribution in [0.5, 0.6) is 5.88 Å². The first-order valence-corrected chi connectivity index (χ1v) is 10.9. The fourth-order valence-corrected chi connectivity index (χ4v) is 3.48. The molecule has 0 radical (unpaired) electrons. The summed E-state index contributed by atoms with van der Waals surface area (Å²) in [6.07, 6.45) is 4.04. The third-order valence-corrected chi connectivity index (χ3v) is 5.29. The van der Waals surface area contributed by atoms with E-state index in [4.69, 9.17) is 11.6 Å². The molecule has 0 bridgehead atoms. The standard InChI is InChI=1S/C25H24ClN3O4/c1-3-5-14-29-24(32)20(23(31)28(13-4-2)25(29)33)16-27-21-12-11-18(26)15-19(21)22(30)17-9-7-6-8-10-17/h4,6-12,15-16,32H,2-3,5,13-14H2,1H3. The molecule has 0 fully saturated rings. The van der Waals surface area contributed by atoms with Crippen molar-refractivity contribution in [3.8, 4) is 5.88 Å². The number of hydrogen-bond acceptors (Lipinski definition) is 5. The number of ketones is 1. The van der Waals surface area contributed by atoms with Crippen LogP contribution in [0.4, 0.5) is 5.69 Å². The number of aromatic nitrogens is 2. The second-order valence-corrected chi connectivity index (χ2v) is 7.78. The van der Waals surface area contributed by atoms with Gasteiger partial charge in [0.1, 0.15) is 5.56 Å². The molecule has 8 heteroatoms. The molecule has 1 heterocycles. The van der Waals surface area contributed by atoms with E-state index in [0.717, 1.165) is 15.6 Å². The van der Waals surface area contributed by atoms with Crippen molar-refractivity contribution in [3.05, 3.63) is 104 Å². The Morgan fingerprint density at radius 2 is 1.88 bits per heavy atom. The van der Waals surface area contributed by atoms with Crippen LogP contribution in [-0.4, -0.2) is 26.2 Å².